The van der Waals surface area contributed by atoms with Crippen molar-refractivity contribution in [2.45, 2.75) is 64.2 Å². The van der Waals surface area contributed by atoms with E-state index in [2.05, 4.69) is 4.93 Å². The fourth-order valence-electron chi connectivity index (χ4n) is 3.37. The van der Waals surface area contributed by atoms with Gasteiger partial charge in [0, 0.05) is 0 Å². The Morgan fingerprint density at radius 3 is 1.62 bits per heavy atom. The van der Waals surface area contributed by atoms with Gasteiger partial charge in [-0.2, -0.15) is 0 Å². The molecule has 2 heteroatoms. The molecule has 2 rings (SSSR count). The first-order valence-corrected chi connectivity index (χ1v) is 10.1. The van der Waals surface area contributed by atoms with Crippen molar-refractivity contribution in [1.29, 1.82) is 0 Å². The molecule has 94 valence electrons. The standard InChI is InChI=1S/C14H25IN/c1-15-16-14(12-8-4-2-5-9-12)13-10-6-3-7-11-13/h12-13H,2-11H2,1H3/q-1. The van der Waals surface area contributed by atoms with Crippen LogP contribution in [0, 0.1) is 11.8 Å². The van der Waals surface area contributed by atoms with Gasteiger partial charge in [0.2, 0.25) is 0 Å². The molecule has 0 N–H and O–H groups in total. The summed E-state index contributed by atoms with van der Waals surface area (Å²) in [6.45, 7) is 0. The van der Waals surface area contributed by atoms with Gasteiger partial charge >= 0.3 is 111 Å². The molecule has 0 heterocycles. The number of rotatable bonds is 3. The number of hydrogen-bond acceptors (Lipinski definition) is 1. The van der Waals surface area contributed by atoms with E-state index in [0.717, 1.165) is 11.8 Å². The Morgan fingerprint density at radius 1 is 0.812 bits per heavy atom. The molecule has 2 aliphatic carbocycles. The minimum atomic E-state index is 0.101. The van der Waals surface area contributed by atoms with E-state index >= 15 is 0 Å². The van der Waals surface area contributed by atoms with E-state index in [9.17, 15) is 0 Å². The van der Waals surface area contributed by atoms with Crippen LogP contribution in [0.25, 0.3) is 0 Å². The van der Waals surface area contributed by atoms with Crippen LogP contribution < -0.4 is 21.5 Å². The van der Waals surface area contributed by atoms with Crippen LogP contribution in [-0.4, -0.2) is 10.6 Å². The van der Waals surface area contributed by atoms with E-state index in [-0.39, 0.29) is 21.5 Å². The molecule has 0 aromatic carbocycles. The quantitative estimate of drug-likeness (QED) is 0.418. The van der Waals surface area contributed by atoms with Crippen LogP contribution >= 0.6 is 0 Å². The van der Waals surface area contributed by atoms with Crippen molar-refractivity contribution >= 4 is 5.71 Å². The van der Waals surface area contributed by atoms with Crippen molar-refractivity contribution in [1.82, 2.24) is 0 Å². The second-order valence-electron chi connectivity index (χ2n) is 5.35. The Kier molecular flexibility index (Phi) is 5.60. The maximum absolute atomic E-state index is 5.00. The predicted molar refractivity (Wildman–Crippen MR) is 66.5 cm³/mol. The number of hydrogen-bond donors (Lipinski definition) is 0. The summed E-state index contributed by atoms with van der Waals surface area (Å²) < 4.78 is 5.00. The third kappa shape index (κ3) is 3.44. The first-order valence-electron chi connectivity index (χ1n) is 6.98. The zero-order valence-electron chi connectivity index (χ0n) is 10.6. The third-order valence-electron chi connectivity index (χ3n) is 4.23. The summed E-state index contributed by atoms with van der Waals surface area (Å²) in [6.07, 6.45) is 14.5. The van der Waals surface area contributed by atoms with Crippen LogP contribution in [0.1, 0.15) is 64.2 Å². The summed E-state index contributed by atoms with van der Waals surface area (Å²) in [5.41, 5.74) is 1.68. The summed E-state index contributed by atoms with van der Waals surface area (Å²) in [5.74, 6) is 1.77. The number of alkyl halides is 1. The average Bonchev–Trinajstić information content (AvgIpc) is 2.38. The van der Waals surface area contributed by atoms with Crippen LogP contribution in [0.2, 0.25) is 0 Å². The monoisotopic (exact) mass is 334 g/mol. The van der Waals surface area contributed by atoms with Crippen LogP contribution in [0.15, 0.2) is 3.21 Å². The Balaban J connectivity index is 2.00. The van der Waals surface area contributed by atoms with Gasteiger partial charge in [-0.3, -0.25) is 0 Å². The summed E-state index contributed by atoms with van der Waals surface area (Å²) in [4.78, 5) is 2.31. The Bertz CT molecular complexity index is 205. The molecule has 16 heavy (non-hydrogen) atoms. The van der Waals surface area contributed by atoms with E-state index in [1.807, 2.05) is 0 Å². The molecule has 0 amide bonds. The molecule has 0 radical (unpaired) electrons. The van der Waals surface area contributed by atoms with Crippen LogP contribution in [0.4, 0.5) is 0 Å². The molecular weight excluding hydrogens is 309 g/mol. The van der Waals surface area contributed by atoms with E-state index in [0.29, 0.717) is 0 Å². The molecule has 0 spiro atoms. The van der Waals surface area contributed by atoms with Crippen LogP contribution in [0.3, 0.4) is 0 Å². The van der Waals surface area contributed by atoms with Crippen molar-refractivity contribution in [3.05, 3.63) is 0 Å². The molecule has 0 atom stereocenters. The molecule has 2 saturated carbocycles. The fourth-order valence-corrected chi connectivity index (χ4v) is 4.71. The van der Waals surface area contributed by atoms with Gasteiger partial charge < -0.3 is 0 Å². The topological polar surface area (TPSA) is 12.4 Å². The third-order valence-corrected chi connectivity index (χ3v) is 5.27. The number of nitrogens with zero attached hydrogens (tertiary/aromatic N) is 1. The molecule has 0 aromatic heterocycles. The first-order chi connectivity index (χ1) is 7.92. The van der Waals surface area contributed by atoms with Gasteiger partial charge in [-0.1, -0.05) is 0 Å². The second-order valence-corrected chi connectivity index (χ2v) is 6.80. The SMILES string of the molecule is C[I-]N=C(C1CCCCC1)C1CCCCC1. The fraction of sp³-hybridized carbons (Fsp3) is 0.929. The molecule has 1 nitrogen and oxygen atoms in total. The Hall–Kier alpha value is 0.400. The van der Waals surface area contributed by atoms with Crippen molar-refractivity contribution in [2.24, 2.45) is 15.0 Å². The maximum atomic E-state index is 5.00. The van der Waals surface area contributed by atoms with Gasteiger partial charge in [0.05, 0.1) is 0 Å². The molecule has 2 aliphatic rings. The molecule has 2 fully saturated rings. The first kappa shape index (κ1) is 12.8. The van der Waals surface area contributed by atoms with Gasteiger partial charge in [0.1, 0.15) is 0 Å². The zero-order chi connectivity index (χ0) is 11.2. The Morgan fingerprint density at radius 2 is 1.25 bits per heavy atom. The van der Waals surface area contributed by atoms with Gasteiger partial charge in [0.25, 0.3) is 0 Å². The second kappa shape index (κ2) is 6.97. The minimum absolute atomic E-state index is 0.101. The van der Waals surface area contributed by atoms with Crippen LogP contribution in [-0.2, 0) is 0 Å². The number of halogens is 1. The van der Waals surface area contributed by atoms with E-state index in [4.69, 9.17) is 3.21 Å². The summed E-state index contributed by atoms with van der Waals surface area (Å²) in [5, 5.41) is 0. The van der Waals surface area contributed by atoms with Gasteiger partial charge in [-0.25, -0.2) is 0 Å². The van der Waals surface area contributed by atoms with Crippen molar-refractivity contribution < 1.29 is 21.5 Å². The van der Waals surface area contributed by atoms with E-state index in [1.54, 1.807) is 5.71 Å². The summed E-state index contributed by atoms with van der Waals surface area (Å²) in [6, 6.07) is 0. The summed E-state index contributed by atoms with van der Waals surface area (Å²) in [7, 11) is 0. The van der Waals surface area contributed by atoms with Crippen molar-refractivity contribution in [2.75, 3.05) is 4.93 Å². The van der Waals surface area contributed by atoms with Gasteiger partial charge in [-0.15, -0.1) is 0 Å². The zero-order valence-corrected chi connectivity index (χ0v) is 12.7. The van der Waals surface area contributed by atoms with Gasteiger partial charge in [0.15, 0.2) is 0 Å². The molecule has 0 aromatic rings. The van der Waals surface area contributed by atoms with E-state index < -0.39 is 0 Å². The van der Waals surface area contributed by atoms with Crippen molar-refractivity contribution in [3.8, 4) is 0 Å². The molecule has 0 saturated heterocycles. The Labute approximate surface area is 111 Å². The summed E-state index contributed by atoms with van der Waals surface area (Å²) >= 11 is 0.101. The van der Waals surface area contributed by atoms with E-state index in [1.165, 1.54) is 64.2 Å². The normalized spacial score (nSPS) is 24.6. The van der Waals surface area contributed by atoms with Crippen molar-refractivity contribution in [3.63, 3.8) is 0 Å². The molecular formula is C14H25IN-. The molecule has 0 bridgehead atoms. The molecule has 0 unspecified atom stereocenters. The predicted octanol–water partition coefficient (Wildman–Crippen LogP) is 1.22. The molecule has 0 aliphatic heterocycles. The van der Waals surface area contributed by atoms with Gasteiger partial charge in [-0.05, 0) is 0 Å². The van der Waals surface area contributed by atoms with Crippen LogP contribution in [0.5, 0.6) is 0 Å². The average molecular weight is 334 g/mol.